The molecule has 0 saturated heterocycles. The molecule has 0 aromatic rings. The summed E-state index contributed by atoms with van der Waals surface area (Å²) in [6.45, 7) is 4.61. The first-order valence-electron chi connectivity index (χ1n) is 13.2. The monoisotopic (exact) mass is 490 g/mol. The number of quaternary nitrogens is 1. The summed E-state index contributed by atoms with van der Waals surface area (Å²) < 4.78 is 0. The Hall–Kier alpha value is -1.34. The minimum atomic E-state index is -0.360. The molecule has 0 bridgehead atoms. The van der Waals surface area contributed by atoms with Crippen molar-refractivity contribution in [3.63, 3.8) is 0 Å². The summed E-state index contributed by atoms with van der Waals surface area (Å²) in [5, 5.41) is 3.80. The van der Waals surface area contributed by atoms with E-state index in [1.165, 1.54) is 77.0 Å². The van der Waals surface area contributed by atoms with Gasteiger partial charge in [-0.3, -0.25) is 19.8 Å². The van der Waals surface area contributed by atoms with E-state index >= 15 is 0 Å². The van der Waals surface area contributed by atoms with Gasteiger partial charge in [0.1, 0.15) is 6.54 Å². The van der Waals surface area contributed by atoms with Gasteiger partial charge in [0.25, 0.3) is 5.91 Å². The van der Waals surface area contributed by atoms with Crippen LogP contribution >= 0.6 is 0 Å². The number of rotatable bonds is 21. The molecule has 8 heteroatoms. The van der Waals surface area contributed by atoms with Crippen molar-refractivity contribution >= 4 is 17.7 Å². The standard InChI is InChI=1S/C25H50N4O3.ClH/c1-3-5-6-7-8-9-10-11-12-13-14-15-16-17-18-19-23(30)28-29(25(32)21-26)22-24(31)27-20-4-2;/h3-22,26H2,1-2H3,(H,27,31)(H,28,30);1H. The van der Waals surface area contributed by atoms with Crippen LogP contribution < -0.4 is 28.9 Å². The van der Waals surface area contributed by atoms with Crippen molar-refractivity contribution in [1.29, 1.82) is 0 Å². The molecule has 0 atom stereocenters. The molecule has 0 radical (unpaired) electrons. The lowest BCUT2D eigenvalue weighted by atomic mass is 10.0. The summed E-state index contributed by atoms with van der Waals surface area (Å²) in [4.78, 5) is 35.9. The van der Waals surface area contributed by atoms with Crippen molar-refractivity contribution in [3.8, 4) is 0 Å². The summed E-state index contributed by atoms with van der Waals surface area (Å²) in [5.74, 6) is -0.854. The molecule has 0 rings (SSSR count). The highest BCUT2D eigenvalue weighted by Gasteiger charge is 2.19. The SMILES string of the molecule is CCCCCCCCCCCCCCCCCC(=O)NN(CC(=O)NCCC)C(=O)C[NH3+].[Cl-]. The predicted octanol–water partition coefficient (Wildman–Crippen LogP) is 0.880. The van der Waals surface area contributed by atoms with Crippen LogP contribution in [0.15, 0.2) is 0 Å². The average molecular weight is 491 g/mol. The third kappa shape index (κ3) is 22.2. The molecule has 0 aromatic heterocycles. The quantitative estimate of drug-likeness (QED) is 0.164. The lowest BCUT2D eigenvalue weighted by Gasteiger charge is -2.21. The molecule has 5 N–H and O–H groups in total. The molecule has 0 aliphatic heterocycles. The van der Waals surface area contributed by atoms with Gasteiger partial charge in [0, 0.05) is 13.0 Å². The molecule has 0 heterocycles. The summed E-state index contributed by atoms with van der Waals surface area (Å²) in [5.41, 5.74) is 6.12. The topological polar surface area (TPSA) is 106 Å². The minimum absolute atomic E-state index is 0. The van der Waals surface area contributed by atoms with Crippen LogP contribution in [0.4, 0.5) is 0 Å². The van der Waals surface area contributed by atoms with E-state index in [1.807, 2.05) is 6.92 Å². The molecular weight excluding hydrogens is 440 g/mol. The Kier molecular flexibility index (Phi) is 25.9. The van der Waals surface area contributed by atoms with E-state index in [0.29, 0.717) is 13.0 Å². The Morgan fingerprint density at radius 3 is 1.55 bits per heavy atom. The Morgan fingerprint density at radius 1 is 0.667 bits per heavy atom. The van der Waals surface area contributed by atoms with Gasteiger partial charge in [-0.05, 0) is 12.8 Å². The molecule has 0 unspecified atom stereocenters. The maximum absolute atomic E-state index is 12.1. The summed E-state index contributed by atoms with van der Waals surface area (Å²) in [6.07, 6.45) is 20.4. The fraction of sp³-hybridized carbons (Fsp3) is 0.880. The smallest absolute Gasteiger partial charge is 0.296 e. The van der Waals surface area contributed by atoms with Gasteiger partial charge < -0.3 is 23.5 Å². The molecule has 0 fully saturated rings. The van der Waals surface area contributed by atoms with Crippen LogP contribution in [0.25, 0.3) is 0 Å². The maximum atomic E-state index is 12.1. The molecule has 196 valence electrons. The van der Waals surface area contributed by atoms with Crippen molar-refractivity contribution in [1.82, 2.24) is 15.8 Å². The van der Waals surface area contributed by atoms with E-state index < -0.39 is 0 Å². The van der Waals surface area contributed by atoms with Crippen LogP contribution in [-0.2, 0) is 14.4 Å². The number of hydrogen-bond acceptors (Lipinski definition) is 3. The fourth-order valence-corrected chi connectivity index (χ4v) is 3.65. The Morgan fingerprint density at radius 2 is 1.12 bits per heavy atom. The number of nitrogens with one attached hydrogen (secondary N) is 2. The van der Waals surface area contributed by atoms with Crippen molar-refractivity contribution in [2.75, 3.05) is 19.6 Å². The third-order valence-electron chi connectivity index (χ3n) is 5.66. The van der Waals surface area contributed by atoms with Crippen molar-refractivity contribution < 1.29 is 32.5 Å². The van der Waals surface area contributed by atoms with Gasteiger partial charge in [-0.1, -0.05) is 104 Å². The summed E-state index contributed by atoms with van der Waals surface area (Å²) >= 11 is 0. The normalized spacial score (nSPS) is 10.4. The maximum Gasteiger partial charge on any atom is 0.296 e. The zero-order chi connectivity index (χ0) is 23.9. The lowest BCUT2D eigenvalue weighted by Crippen LogP contribution is -3.00. The second-order valence-electron chi connectivity index (χ2n) is 8.81. The molecule has 3 amide bonds. The highest BCUT2D eigenvalue weighted by Crippen LogP contribution is 2.13. The molecule has 0 saturated carbocycles. The zero-order valence-electron chi connectivity index (χ0n) is 21.4. The number of amides is 3. The van der Waals surface area contributed by atoms with Crippen LogP contribution in [0.5, 0.6) is 0 Å². The van der Waals surface area contributed by atoms with Crippen LogP contribution in [0.3, 0.4) is 0 Å². The van der Waals surface area contributed by atoms with E-state index in [0.717, 1.165) is 30.7 Å². The largest absolute Gasteiger partial charge is 1.00 e. The number of hydrazine groups is 1. The van der Waals surface area contributed by atoms with Gasteiger partial charge in [-0.2, -0.15) is 0 Å². The van der Waals surface area contributed by atoms with Gasteiger partial charge in [0.05, 0.1) is 0 Å². The fourth-order valence-electron chi connectivity index (χ4n) is 3.65. The number of carbonyl (C=O) groups is 3. The van der Waals surface area contributed by atoms with E-state index in [9.17, 15) is 14.4 Å². The highest BCUT2D eigenvalue weighted by molar-refractivity contribution is 5.87. The zero-order valence-corrected chi connectivity index (χ0v) is 22.2. The second kappa shape index (κ2) is 25.3. The lowest BCUT2D eigenvalue weighted by molar-refractivity contribution is -0.357. The van der Waals surface area contributed by atoms with Gasteiger partial charge in [-0.25, -0.2) is 5.01 Å². The highest BCUT2D eigenvalue weighted by atomic mass is 35.5. The number of nitrogens with zero attached hydrogens (tertiary/aromatic N) is 1. The van der Waals surface area contributed by atoms with E-state index in [2.05, 4.69) is 23.4 Å². The average Bonchev–Trinajstić information content (AvgIpc) is 2.79. The van der Waals surface area contributed by atoms with Crippen molar-refractivity contribution in [2.45, 2.75) is 123 Å². The van der Waals surface area contributed by atoms with E-state index in [-0.39, 0.29) is 43.2 Å². The van der Waals surface area contributed by atoms with Gasteiger partial charge in [-0.15, -0.1) is 0 Å². The molecule has 0 aromatic carbocycles. The Labute approximate surface area is 208 Å². The van der Waals surface area contributed by atoms with Crippen molar-refractivity contribution in [3.05, 3.63) is 0 Å². The molecule has 0 spiro atoms. The van der Waals surface area contributed by atoms with Crippen LogP contribution in [0, 0.1) is 0 Å². The molecule has 7 nitrogen and oxygen atoms in total. The van der Waals surface area contributed by atoms with E-state index in [1.54, 1.807) is 0 Å². The van der Waals surface area contributed by atoms with Crippen LogP contribution in [0.2, 0.25) is 0 Å². The molecular formula is C25H51ClN4O3. The number of carbonyl (C=O) groups excluding carboxylic acids is 3. The van der Waals surface area contributed by atoms with Gasteiger partial charge in [0.2, 0.25) is 11.8 Å². The third-order valence-corrected chi connectivity index (χ3v) is 5.66. The minimum Gasteiger partial charge on any atom is -1.00 e. The summed E-state index contributed by atoms with van der Waals surface area (Å²) in [6, 6.07) is 0. The van der Waals surface area contributed by atoms with Crippen LogP contribution in [0.1, 0.15) is 123 Å². The summed E-state index contributed by atoms with van der Waals surface area (Å²) in [7, 11) is 0. The Bertz CT molecular complexity index is 492. The first kappa shape index (κ1) is 33.8. The number of halogens is 1. The first-order valence-corrected chi connectivity index (χ1v) is 13.2. The Balaban J connectivity index is 0. The molecule has 0 aliphatic rings. The van der Waals surface area contributed by atoms with Crippen LogP contribution in [-0.4, -0.2) is 42.4 Å². The van der Waals surface area contributed by atoms with E-state index in [4.69, 9.17) is 0 Å². The predicted molar refractivity (Wildman–Crippen MR) is 130 cm³/mol. The van der Waals surface area contributed by atoms with Gasteiger partial charge >= 0.3 is 0 Å². The second-order valence-corrected chi connectivity index (χ2v) is 8.81. The molecule has 0 aliphatic carbocycles. The number of hydrogen-bond donors (Lipinski definition) is 3. The first-order chi connectivity index (χ1) is 15.5. The number of unbranched alkanes of at least 4 members (excludes halogenated alkanes) is 14. The van der Waals surface area contributed by atoms with Crippen molar-refractivity contribution in [2.24, 2.45) is 0 Å². The van der Waals surface area contributed by atoms with Gasteiger partial charge in [0.15, 0.2) is 6.54 Å². The molecule has 33 heavy (non-hydrogen) atoms.